The lowest BCUT2D eigenvalue weighted by Gasteiger charge is -2.06. The minimum absolute atomic E-state index is 0.00715. The van der Waals surface area contributed by atoms with E-state index in [-0.39, 0.29) is 6.04 Å². The number of aromatic nitrogens is 3. The number of rotatable bonds is 5. The molecule has 0 aliphatic rings. The molecule has 0 fully saturated rings. The second-order valence-electron chi connectivity index (χ2n) is 4.12. The smallest absolute Gasteiger partial charge is 0.243 e. The summed E-state index contributed by atoms with van der Waals surface area (Å²) in [6, 6.07) is 1.59. The number of nitrogens with zero attached hydrogens (tertiary/aromatic N) is 3. The Bertz CT molecular complexity index is 558. The summed E-state index contributed by atoms with van der Waals surface area (Å²) in [7, 11) is 0. The Morgan fingerprint density at radius 1 is 1.42 bits per heavy atom. The van der Waals surface area contributed by atoms with Gasteiger partial charge < -0.3 is 9.84 Å². The van der Waals surface area contributed by atoms with Gasteiger partial charge in [0.15, 0.2) is 0 Å². The highest BCUT2D eigenvalue weighted by atomic mass is 35.5. The minimum Gasteiger partial charge on any atom is -0.337 e. The van der Waals surface area contributed by atoms with E-state index < -0.39 is 0 Å². The van der Waals surface area contributed by atoms with E-state index in [0.29, 0.717) is 27.5 Å². The average molecular weight is 301 g/mol. The Morgan fingerprint density at radius 3 is 2.89 bits per heavy atom. The fourth-order valence-corrected chi connectivity index (χ4v) is 2.00. The Labute approximate surface area is 121 Å². The molecule has 2 aromatic heterocycles. The van der Waals surface area contributed by atoms with Gasteiger partial charge in [0.05, 0.1) is 16.1 Å². The predicted octanol–water partition coefficient (Wildman–Crippen LogP) is 3.50. The molecular formula is C12H14Cl2N4O. The lowest BCUT2D eigenvalue weighted by molar-refractivity contribution is 0.340. The van der Waals surface area contributed by atoms with Gasteiger partial charge in [0.2, 0.25) is 11.7 Å². The molecule has 0 saturated heterocycles. The van der Waals surface area contributed by atoms with Gasteiger partial charge in [0, 0.05) is 6.20 Å². The summed E-state index contributed by atoms with van der Waals surface area (Å²) in [6.07, 6.45) is 2.54. The molecule has 1 atom stereocenters. The molecule has 0 aromatic carbocycles. The van der Waals surface area contributed by atoms with Crippen LogP contribution in [-0.2, 0) is 0 Å². The molecule has 7 heteroatoms. The van der Waals surface area contributed by atoms with Gasteiger partial charge in [0.25, 0.3) is 0 Å². The molecule has 1 unspecified atom stereocenters. The molecule has 0 radical (unpaired) electrons. The summed E-state index contributed by atoms with van der Waals surface area (Å²) >= 11 is 11.8. The Morgan fingerprint density at radius 2 is 2.21 bits per heavy atom. The maximum atomic E-state index is 6.05. The SMILES string of the molecule is CCCNC(C)c1nc(-c2ncc(Cl)cc2Cl)no1. The van der Waals surface area contributed by atoms with Crippen molar-refractivity contribution in [2.24, 2.45) is 0 Å². The van der Waals surface area contributed by atoms with Gasteiger partial charge in [0.1, 0.15) is 5.69 Å². The molecule has 0 bridgehead atoms. The van der Waals surface area contributed by atoms with Crippen LogP contribution in [0.4, 0.5) is 0 Å². The topological polar surface area (TPSA) is 63.8 Å². The zero-order valence-electron chi connectivity index (χ0n) is 10.7. The van der Waals surface area contributed by atoms with Crippen molar-refractivity contribution in [3.8, 4) is 11.5 Å². The molecule has 0 spiro atoms. The van der Waals surface area contributed by atoms with Crippen LogP contribution < -0.4 is 5.32 Å². The molecular weight excluding hydrogens is 287 g/mol. The largest absolute Gasteiger partial charge is 0.337 e. The predicted molar refractivity (Wildman–Crippen MR) is 74.3 cm³/mol. The van der Waals surface area contributed by atoms with Gasteiger partial charge in [-0.2, -0.15) is 4.98 Å². The van der Waals surface area contributed by atoms with Crippen molar-refractivity contribution < 1.29 is 4.52 Å². The fourth-order valence-electron chi connectivity index (χ4n) is 1.53. The van der Waals surface area contributed by atoms with Crippen LogP contribution in [-0.4, -0.2) is 21.7 Å². The van der Waals surface area contributed by atoms with E-state index in [2.05, 4.69) is 27.4 Å². The van der Waals surface area contributed by atoms with Gasteiger partial charge in [-0.15, -0.1) is 0 Å². The summed E-state index contributed by atoms with van der Waals surface area (Å²) in [6.45, 7) is 4.94. The van der Waals surface area contributed by atoms with Crippen LogP contribution in [0, 0.1) is 0 Å². The second-order valence-corrected chi connectivity index (χ2v) is 4.96. The minimum atomic E-state index is -0.00715. The summed E-state index contributed by atoms with van der Waals surface area (Å²) in [5, 5.41) is 8.02. The first-order chi connectivity index (χ1) is 9.11. The summed E-state index contributed by atoms with van der Waals surface area (Å²) in [5.41, 5.74) is 0.462. The third-order valence-corrected chi connectivity index (χ3v) is 3.03. The van der Waals surface area contributed by atoms with Crippen molar-refractivity contribution in [3.05, 3.63) is 28.2 Å². The van der Waals surface area contributed by atoms with E-state index in [4.69, 9.17) is 27.7 Å². The summed E-state index contributed by atoms with van der Waals surface area (Å²) in [4.78, 5) is 8.41. The van der Waals surface area contributed by atoms with Crippen LogP contribution in [0.1, 0.15) is 32.2 Å². The van der Waals surface area contributed by atoms with E-state index >= 15 is 0 Å². The highest BCUT2D eigenvalue weighted by molar-refractivity contribution is 6.35. The highest BCUT2D eigenvalue weighted by Gasteiger charge is 2.17. The zero-order chi connectivity index (χ0) is 13.8. The lowest BCUT2D eigenvalue weighted by Crippen LogP contribution is -2.19. The third-order valence-electron chi connectivity index (χ3n) is 2.53. The molecule has 0 aliphatic carbocycles. The first-order valence-electron chi connectivity index (χ1n) is 6.00. The van der Waals surface area contributed by atoms with Crippen molar-refractivity contribution in [2.75, 3.05) is 6.54 Å². The van der Waals surface area contributed by atoms with E-state index in [1.807, 2.05) is 6.92 Å². The number of pyridine rings is 1. The van der Waals surface area contributed by atoms with Gasteiger partial charge in [-0.3, -0.25) is 0 Å². The normalized spacial score (nSPS) is 12.6. The van der Waals surface area contributed by atoms with Crippen LogP contribution in [0.5, 0.6) is 0 Å². The second kappa shape index (κ2) is 6.32. The van der Waals surface area contributed by atoms with Gasteiger partial charge in [-0.25, -0.2) is 4.98 Å². The molecule has 2 heterocycles. The summed E-state index contributed by atoms with van der Waals surface area (Å²) in [5.74, 6) is 0.873. The lowest BCUT2D eigenvalue weighted by atomic mass is 10.3. The van der Waals surface area contributed by atoms with Crippen LogP contribution in [0.3, 0.4) is 0 Å². The molecule has 5 nitrogen and oxygen atoms in total. The number of hydrogen-bond acceptors (Lipinski definition) is 5. The van der Waals surface area contributed by atoms with Crippen molar-refractivity contribution >= 4 is 23.2 Å². The molecule has 0 aliphatic heterocycles. The maximum absolute atomic E-state index is 6.05. The molecule has 0 saturated carbocycles. The van der Waals surface area contributed by atoms with Gasteiger partial charge in [-0.05, 0) is 26.0 Å². The first-order valence-corrected chi connectivity index (χ1v) is 6.75. The molecule has 0 amide bonds. The number of nitrogens with one attached hydrogen (secondary N) is 1. The zero-order valence-corrected chi connectivity index (χ0v) is 12.2. The van der Waals surface area contributed by atoms with E-state index in [1.165, 1.54) is 6.20 Å². The Hall–Kier alpha value is -1.17. The molecule has 19 heavy (non-hydrogen) atoms. The van der Waals surface area contributed by atoms with Gasteiger partial charge in [-0.1, -0.05) is 35.3 Å². The quantitative estimate of drug-likeness (QED) is 0.915. The van der Waals surface area contributed by atoms with E-state index in [9.17, 15) is 0 Å². The highest BCUT2D eigenvalue weighted by Crippen LogP contribution is 2.26. The van der Waals surface area contributed by atoms with Crippen molar-refractivity contribution in [1.82, 2.24) is 20.4 Å². The van der Waals surface area contributed by atoms with Gasteiger partial charge >= 0.3 is 0 Å². The van der Waals surface area contributed by atoms with E-state index in [1.54, 1.807) is 6.07 Å². The standard InChI is InChI=1S/C12H14Cl2N4O/c1-3-4-15-7(2)12-17-11(18-19-12)10-9(14)5-8(13)6-16-10/h5-7,15H,3-4H2,1-2H3. The molecule has 2 rings (SSSR count). The third kappa shape index (κ3) is 3.43. The van der Waals surface area contributed by atoms with Crippen LogP contribution in [0.15, 0.2) is 16.8 Å². The van der Waals surface area contributed by atoms with Crippen LogP contribution in [0.2, 0.25) is 10.0 Å². The number of halogens is 2. The fraction of sp³-hybridized carbons (Fsp3) is 0.417. The first kappa shape index (κ1) is 14.2. The maximum Gasteiger partial charge on any atom is 0.243 e. The van der Waals surface area contributed by atoms with Crippen molar-refractivity contribution in [1.29, 1.82) is 0 Å². The molecule has 102 valence electrons. The van der Waals surface area contributed by atoms with Crippen LogP contribution >= 0.6 is 23.2 Å². The van der Waals surface area contributed by atoms with Crippen LogP contribution in [0.25, 0.3) is 11.5 Å². The average Bonchev–Trinajstić information content (AvgIpc) is 2.85. The van der Waals surface area contributed by atoms with Crippen molar-refractivity contribution in [3.63, 3.8) is 0 Å². The van der Waals surface area contributed by atoms with E-state index in [0.717, 1.165) is 13.0 Å². The number of hydrogen-bond donors (Lipinski definition) is 1. The molecule has 2 aromatic rings. The monoisotopic (exact) mass is 300 g/mol. The summed E-state index contributed by atoms with van der Waals surface area (Å²) < 4.78 is 5.21. The van der Waals surface area contributed by atoms with Crippen molar-refractivity contribution in [2.45, 2.75) is 26.3 Å². The Kier molecular flexibility index (Phi) is 4.74. The molecule has 1 N–H and O–H groups in total. The Balaban J connectivity index is 2.20.